The van der Waals surface area contributed by atoms with Crippen LogP contribution in [0.2, 0.25) is 0 Å². The zero-order valence-electron chi connectivity index (χ0n) is 12.1. The van der Waals surface area contributed by atoms with Crippen molar-refractivity contribution in [2.24, 2.45) is 0 Å². The molecule has 0 fully saturated rings. The summed E-state index contributed by atoms with van der Waals surface area (Å²) in [5.74, 6) is 0. The molecule has 4 heteroatoms. The van der Waals surface area contributed by atoms with Crippen molar-refractivity contribution in [2.75, 3.05) is 19.8 Å². The Morgan fingerprint density at radius 1 is 1.20 bits per heavy atom. The molecule has 0 spiro atoms. The van der Waals surface area contributed by atoms with Crippen LogP contribution in [0.15, 0.2) is 29.0 Å². The van der Waals surface area contributed by atoms with Gasteiger partial charge in [0.25, 0.3) is 0 Å². The summed E-state index contributed by atoms with van der Waals surface area (Å²) >= 11 is 3.64. The summed E-state index contributed by atoms with van der Waals surface area (Å²) in [4.78, 5) is 2.76. The lowest BCUT2D eigenvalue weighted by Gasteiger charge is -2.04. The number of nitrogens with one attached hydrogen (secondary N) is 1. The standard InChI is InChI=1S/C16H23NOS2/c1-2-3-8-18-9-5-7-17-12-15-11-14(13-20-15)16-6-4-10-19-16/h4,6,10-11,13,17H,2-3,5,7-9,12H2,1H3. The van der Waals surface area contributed by atoms with E-state index >= 15 is 0 Å². The van der Waals surface area contributed by atoms with Gasteiger partial charge < -0.3 is 10.1 Å². The van der Waals surface area contributed by atoms with Gasteiger partial charge in [0.15, 0.2) is 0 Å². The molecule has 0 saturated heterocycles. The van der Waals surface area contributed by atoms with E-state index in [0.29, 0.717) is 0 Å². The van der Waals surface area contributed by atoms with Gasteiger partial charge in [0.05, 0.1) is 0 Å². The summed E-state index contributed by atoms with van der Waals surface area (Å²) in [6, 6.07) is 6.58. The maximum absolute atomic E-state index is 5.54. The first-order valence-corrected chi connectivity index (χ1v) is 9.06. The van der Waals surface area contributed by atoms with E-state index in [4.69, 9.17) is 4.74 Å². The first-order chi connectivity index (χ1) is 9.90. The van der Waals surface area contributed by atoms with Crippen molar-refractivity contribution in [1.82, 2.24) is 5.32 Å². The fourth-order valence-electron chi connectivity index (χ4n) is 1.90. The molecular formula is C16H23NOS2. The lowest BCUT2D eigenvalue weighted by atomic mass is 10.2. The molecule has 1 N–H and O–H groups in total. The monoisotopic (exact) mass is 309 g/mol. The number of rotatable bonds is 10. The number of unbranched alkanes of at least 4 members (excludes halogenated alkanes) is 1. The molecule has 0 saturated carbocycles. The molecule has 0 radical (unpaired) electrons. The van der Waals surface area contributed by atoms with Crippen LogP contribution < -0.4 is 5.32 Å². The molecular weight excluding hydrogens is 286 g/mol. The van der Waals surface area contributed by atoms with E-state index in [2.05, 4.69) is 41.2 Å². The first kappa shape index (κ1) is 15.7. The predicted octanol–water partition coefficient (Wildman–Crippen LogP) is 4.77. The topological polar surface area (TPSA) is 21.3 Å². The lowest BCUT2D eigenvalue weighted by Crippen LogP contribution is -2.15. The molecule has 2 rings (SSSR count). The Morgan fingerprint density at radius 3 is 2.90 bits per heavy atom. The number of hydrogen-bond donors (Lipinski definition) is 1. The molecule has 2 aromatic rings. The quantitative estimate of drug-likeness (QED) is 0.638. The second-order valence-corrected chi connectivity index (χ2v) is 6.72. The number of hydrogen-bond acceptors (Lipinski definition) is 4. The van der Waals surface area contributed by atoms with E-state index in [1.165, 1.54) is 28.2 Å². The predicted molar refractivity (Wildman–Crippen MR) is 89.7 cm³/mol. The minimum absolute atomic E-state index is 0.873. The summed E-state index contributed by atoms with van der Waals surface area (Å²) in [7, 11) is 0. The Hall–Kier alpha value is -0.680. The summed E-state index contributed by atoms with van der Waals surface area (Å²) in [5.41, 5.74) is 1.35. The Bertz CT molecular complexity index is 465. The minimum atomic E-state index is 0.873. The maximum Gasteiger partial charge on any atom is 0.0478 e. The van der Waals surface area contributed by atoms with Crippen molar-refractivity contribution in [3.8, 4) is 10.4 Å². The van der Waals surface area contributed by atoms with Crippen molar-refractivity contribution in [1.29, 1.82) is 0 Å². The summed E-state index contributed by atoms with van der Waals surface area (Å²) in [6.45, 7) is 5.96. The fraction of sp³-hybridized carbons (Fsp3) is 0.500. The van der Waals surface area contributed by atoms with Crippen LogP contribution in [0.3, 0.4) is 0 Å². The van der Waals surface area contributed by atoms with Crippen LogP contribution in [0.25, 0.3) is 10.4 Å². The van der Waals surface area contributed by atoms with Crippen LogP contribution in [0.5, 0.6) is 0 Å². The molecule has 0 amide bonds. The third kappa shape index (κ3) is 5.37. The third-order valence-corrected chi connectivity index (χ3v) is 4.90. The summed E-state index contributed by atoms with van der Waals surface area (Å²) < 4.78 is 5.54. The molecule has 2 aromatic heterocycles. The molecule has 0 aliphatic rings. The van der Waals surface area contributed by atoms with E-state index in [-0.39, 0.29) is 0 Å². The van der Waals surface area contributed by atoms with Crippen LogP contribution in [-0.4, -0.2) is 19.8 Å². The Kier molecular flexibility index (Phi) is 7.30. The van der Waals surface area contributed by atoms with Gasteiger partial charge in [-0.3, -0.25) is 0 Å². The second kappa shape index (κ2) is 9.29. The van der Waals surface area contributed by atoms with E-state index in [9.17, 15) is 0 Å². The fourth-order valence-corrected chi connectivity index (χ4v) is 3.55. The molecule has 0 atom stereocenters. The van der Waals surface area contributed by atoms with Crippen LogP contribution in [0.4, 0.5) is 0 Å². The van der Waals surface area contributed by atoms with Gasteiger partial charge in [0, 0.05) is 35.1 Å². The minimum Gasteiger partial charge on any atom is -0.381 e. The molecule has 0 aromatic carbocycles. The van der Waals surface area contributed by atoms with Gasteiger partial charge in [-0.25, -0.2) is 0 Å². The van der Waals surface area contributed by atoms with Crippen molar-refractivity contribution in [3.05, 3.63) is 33.8 Å². The van der Waals surface area contributed by atoms with Crippen molar-refractivity contribution in [2.45, 2.75) is 32.7 Å². The SMILES string of the molecule is CCCCOCCCNCc1cc(-c2cccs2)cs1. The highest BCUT2D eigenvalue weighted by molar-refractivity contribution is 7.14. The van der Waals surface area contributed by atoms with E-state index in [0.717, 1.165) is 32.7 Å². The van der Waals surface area contributed by atoms with Crippen LogP contribution >= 0.6 is 22.7 Å². The van der Waals surface area contributed by atoms with Gasteiger partial charge in [-0.1, -0.05) is 19.4 Å². The molecule has 2 nitrogen and oxygen atoms in total. The molecule has 110 valence electrons. The largest absolute Gasteiger partial charge is 0.381 e. The molecule has 0 aliphatic carbocycles. The summed E-state index contributed by atoms with van der Waals surface area (Å²) in [5, 5.41) is 7.86. The molecule has 0 bridgehead atoms. The zero-order chi connectivity index (χ0) is 14.0. The average molecular weight is 310 g/mol. The maximum atomic E-state index is 5.54. The Labute approximate surface area is 129 Å². The molecule has 0 unspecified atom stereocenters. The van der Waals surface area contributed by atoms with Gasteiger partial charge in [-0.2, -0.15) is 0 Å². The molecule has 2 heterocycles. The number of ether oxygens (including phenoxy) is 1. The van der Waals surface area contributed by atoms with Crippen LogP contribution in [-0.2, 0) is 11.3 Å². The van der Waals surface area contributed by atoms with Crippen molar-refractivity contribution >= 4 is 22.7 Å². The highest BCUT2D eigenvalue weighted by atomic mass is 32.1. The Morgan fingerprint density at radius 2 is 2.10 bits per heavy atom. The molecule has 0 aliphatic heterocycles. The Balaban J connectivity index is 1.58. The smallest absolute Gasteiger partial charge is 0.0478 e. The summed E-state index contributed by atoms with van der Waals surface area (Å²) in [6.07, 6.45) is 3.48. The van der Waals surface area contributed by atoms with Gasteiger partial charge >= 0.3 is 0 Å². The average Bonchev–Trinajstić information content (AvgIpc) is 3.12. The van der Waals surface area contributed by atoms with Crippen molar-refractivity contribution < 1.29 is 4.74 Å². The van der Waals surface area contributed by atoms with Gasteiger partial charge in [0.1, 0.15) is 0 Å². The van der Waals surface area contributed by atoms with E-state index < -0.39 is 0 Å². The van der Waals surface area contributed by atoms with E-state index in [1.807, 2.05) is 11.3 Å². The zero-order valence-corrected chi connectivity index (χ0v) is 13.7. The van der Waals surface area contributed by atoms with Gasteiger partial charge in [-0.15, -0.1) is 22.7 Å². The molecule has 20 heavy (non-hydrogen) atoms. The highest BCUT2D eigenvalue weighted by Crippen LogP contribution is 2.29. The van der Waals surface area contributed by atoms with Gasteiger partial charge in [-0.05, 0) is 42.3 Å². The first-order valence-electron chi connectivity index (χ1n) is 7.30. The number of thiophene rings is 2. The van der Waals surface area contributed by atoms with Crippen molar-refractivity contribution in [3.63, 3.8) is 0 Å². The normalized spacial score (nSPS) is 11.1. The third-order valence-electron chi connectivity index (χ3n) is 3.04. The van der Waals surface area contributed by atoms with Gasteiger partial charge in [0.2, 0.25) is 0 Å². The van der Waals surface area contributed by atoms with Crippen LogP contribution in [0.1, 0.15) is 31.1 Å². The highest BCUT2D eigenvalue weighted by Gasteiger charge is 2.02. The van der Waals surface area contributed by atoms with E-state index in [1.54, 1.807) is 11.3 Å². The second-order valence-electron chi connectivity index (χ2n) is 4.78. The van der Waals surface area contributed by atoms with Crippen LogP contribution in [0, 0.1) is 0 Å². The lowest BCUT2D eigenvalue weighted by molar-refractivity contribution is 0.129.